The quantitative estimate of drug-likeness (QED) is 0.484. The molecular formula is C26H33F4N3S. The predicted octanol–water partition coefficient (Wildman–Crippen LogP) is 5.68. The van der Waals surface area contributed by atoms with Gasteiger partial charge in [-0.1, -0.05) is 12.1 Å². The Labute approximate surface area is 202 Å². The summed E-state index contributed by atoms with van der Waals surface area (Å²) < 4.78 is 53.8. The minimum Gasteiger partial charge on any atom is -0.317 e. The first-order valence-corrected chi connectivity index (χ1v) is 13.2. The van der Waals surface area contributed by atoms with E-state index < -0.39 is 17.4 Å². The standard InChI is InChI=1S/C26H33F4N3S/c27-25(9-13-33(14-10-25)16-18-7-11-31-12-8-18)17-32-22-15-21(22)24-6-5-23(34-24)19-1-3-20(4-2-19)26(28,29)30/h1-6,18,21-22,31-32H,7-17H2. The molecule has 2 saturated heterocycles. The molecule has 3 nitrogen and oxygen atoms in total. The van der Waals surface area contributed by atoms with Crippen molar-refractivity contribution in [1.29, 1.82) is 0 Å². The maximum atomic E-state index is 15.4. The van der Waals surface area contributed by atoms with Crippen molar-refractivity contribution in [3.63, 3.8) is 0 Å². The first-order chi connectivity index (χ1) is 16.3. The fourth-order valence-electron chi connectivity index (χ4n) is 5.32. The van der Waals surface area contributed by atoms with Gasteiger partial charge in [0.2, 0.25) is 0 Å². The molecule has 3 fully saturated rings. The lowest BCUT2D eigenvalue weighted by atomic mass is 9.91. The first-order valence-electron chi connectivity index (χ1n) is 12.4. The molecule has 34 heavy (non-hydrogen) atoms. The van der Waals surface area contributed by atoms with Gasteiger partial charge in [0, 0.05) is 47.9 Å². The Hall–Kier alpha value is -1.48. The van der Waals surface area contributed by atoms with Gasteiger partial charge in [0.25, 0.3) is 0 Å². The van der Waals surface area contributed by atoms with Gasteiger partial charge in [0.05, 0.1) is 5.56 Å². The van der Waals surface area contributed by atoms with Crippen LogP contribution in [0.15, 0.2) is 36.4 Å². The lowest BCUT2D eigenvalue weighted by molar-refractivity contribution is -0.137. The third-order valence-corrected chi connectivity index (χ3v) is 8.95. The highest BCUT2D eigenvalue weighted by Gasteiger charge is 2.42. The molecule has 1 aromatic carbocycles. The molecule has 1 aromatic heterocycles. The number of thiophene rings is 1. The predicted molar refractivity (Wildman–Crippen MR) is 129 cm³/mol. The van der Waals surface area contributed by atoms with Gasteiger partial charge in [-0.15, -0.1) is 11.3 Å². The average Bonchev–Trinajstić information content (AvgIpc) is 3.45. The maximum absolute atomic E-state index is 15.4. The minimum absolute atomic E-state index is 0.291. The molecule has 8 heteroatoms. The summed E-state index contributed by atoms with van der Waals surface area (Å²) in [6.45, 7) is 5.42. The van der Waals surface area contributed by atoms with Crippen molar-refractivity contribution >= 4 is 11.3 Å². The lowest BCUT2D eigenvalue weighted by Gasteiger charge is -2.38. The van der Waals surface area contributed by atoms with E-state index in [1.54, 1.807) is 11.3 Å². The van der Waals surface area contributed by atoms with Crippen LogP contribution in [0.4, 0.5) is 17.6 Å². The van der Waals surface area contributed by atoms with Crippen LogP contribution in [0, 0.1) is 5.92 Å². The van der Waals surface area contributed by atoms with Gasteiger partial charge in [0.15, 0.2) is 0 Å². The number of alkyl halides is 4. The smallest absolute Gasteiger partial charge is 0.317 e. The Morgan fingerprint density at radius 1 is 1.03 bits per heavy atom. The second kappa shape index (κ2) is 9.88. The molecule has 1 aliphatic carbocycles. The zero-order valence-electron chi connectivity index (χ0n) is 19.3. The van der Waals surface area contributed by atoms with Crippen LogP contribution >= 0.6 is 11.3 Å². The van der Waals surface area contributed by atoms with Crippen LogP contribution in [0.3, 0.4) is 0 Å². The van der Waals surface area contributed by atoms with E-state index in [0.29, 0.717) is 31.3 Å². The Morgan fingerprint density at radius 3 is 2.41 bits per heavy atom. The molecule has 2 aromatic rings. The molecule has 5 rings (SSSR count). The molecule has 3 aliphatic rings. The molecule has 2 unspecified atom stereocenters. The summed E-state index contributed by atoms with van der Waals surface area (Å²) in [5, 5.41) is 6.87. The molecule has 2 N–H and O–H groups in total. The number of piperidine rings is 2. The van der Waals surface area contributed by atoms with Crippen LogP contribution in [0.2, 0.25) is 0 Å². The fraction of sp³-hybridized carbons (Fsp3) is 0.615. The molecule has 2 atom stereocenters. The Bertz CT molecular complexity index is 944. The fourth-order valence-corrected chi connectivity index (χ4v) is 6.51. The Balaban J connectivity index is 1.08. The number of likely N-dealkylation sites (tertiary alicyclic amines) is 1. The maximum Gasteiger partial charge on any atom is 0.416 e. The van der Waals surface area contributed by atoms with E-state index in [1.807, 2.05) is 6.07 Å². The van der Waals surface area contributed by atoms with E-state index >= 15 is 4.39 Å². The summed E-state index contributed by atoms with van der Waals surface area (Å²) in [5.41, 5.74) is -0.955. The van der Waals surface area contributed by atoms with Crippen molar-refractivity contribution in [2.24, 2.45) is 5.92 Å². The van der Waals surface area contributed by atoms with Gasteiger partial charge in [0.1, 0.15) is 5.67 Å². The van der Waals surface area contributed by atoms with E-state index in [4.69, 9.17) is 0 Å². The summed E-state index contributed by atoms with van der Waals surface area (Å²) in [5.74, 6) is 1.12. The number of benzene rings is 1. The summed E-state index contributed by atoms with van der Waals surface area (Å²) in [7, 11) is 0. The van der Waals surface area contributed by atoms with Crippen molar-refractivity contribution in [2.75, 3.05) is 39.3 Å². The number of nitrogens with zero attached hydrogens (tertiary/aromatic N) is 1. The van der Waals surface area contributed by atoms with Crippen LogP contribution < -0.4 is 10.6 Å². The van der Waals surface area contributed by atoms with Gasteiger partial charge in [-0.3, -0.25) is 0 Å². The molecule has 0 bridgehead atoms. The highest BCUT2D eigenvalue weighted by molar-refractivity contribution is 7.15. The molecule has 0 radical (unpaired) electrons. The normalized spacial score (nSPS) is 26.0. The van der Waals surface area contributed by atoms with E-state index in [1.165, 1.54) is 29.9 Å². The molecule has 2 aliphatic heterocycles. The van der Waals surface area contributed by atoms with Crippen molar-refractivity contribution in [2.45, 2.75) is 55.9 Å². The van der Waals surface area contributed by atoms with Gasteiger partial charge < -0.3 is 15.5 Å². The van der Waals surface area contributed by atoms with Crippen LogP contribution in [0.5, 0.6) is 0 Å². The van der Waals surface area contributed by atoms with Gasteiger partial charge in [-0.2, -0.15) is 13.2 Å². The van der Waals surface area contributed by atoms with Crippen LogP contribution in [0.25, 0.3) is 10.4 Å². The highest BCUT2D eigenvalue weighted by Crippen LogP contribution is 2.46. The van der Waals surface area contributed by atoms with E-state index in [0.717, 1.165) is 67.6 Å². The molecule has 186 valence electrons. The second-order valence-electron chi connectivity index (χ2n) is 10.3. The first kappa shape index (κ1) is 24.2. The SMILES string of the molecule is FC1(CNC2CC2c2ccc(-c3ccc(C(F)(F)F)cc3)s2)CCN(CC2CCNCC2)CC1. The van der Waals surface area contributed by atoms with E-state index in [2.05, 4.69) is 21.6 Å². The summed E-state index contributed by atoms with van der Waals surface area (Å²) in [6, 6.07) is 9.67. The van der Waals surface area contributed by atoms with Gasteiger partial charge >= 0.3 is 6.18 Å². The topological polar surface area (TPSA) is 27.3 Å². The second-order valence-corrected chi connectivity index (χ2v) is 11.4. The zero-order valence-corrected chi connectivity index (χ0v) is 20.2. The van der Waals surface area contributed by atoms with Gasteiger partial charge in [-0.25, -0.2) is 4.39 Å². The number of nitrogens with one attached hydrogen (secondary N) is 2. The summed E-state index contributed by atoms with van der Waals surface area (Å²) in [4.78, 5) is 4.64. The van der Waals surface area contributed by atoms with Crippen LogP contribution in [0.1, 0.15) is 48.5 Å². The third-order valence-electron chi connectivity index (χ3n) is 7.69. The van der Waals surface area contributed by atoms with Crippen molar-refractivity contribution in [1.82, 2.24) is 15.5 Å². The van der Waals surface area contributed by atoms with Crippen molar-refractivity contribution < 1.29 is 17.6 Å². The lowest BCUT2D eigenvalue weighted by Crippen LogP contribution is -2.49. The average molecular weight is 496 g/mol. The molecule has 3 heterocycles. The Morgan fingerprint density at radius 2 is 1.74 bits per heavy atom. The zero-order chi connectivity index (χ0) is 23.8. The third kappa shape index (κ3) is 5.83. The summed E-state index contributed by atoms with van der Waals surface area (Å²) >= 11 is 1.62. The van der Waals surface area contributed by atoms with Crippen LogP contribution in [-0.4, -0.2) is 55.9 Å². The van der Waals surface area contributed by atoms with Crippen LogP contribution in [-0.2, 0) is 6.18 Å². The van der Waals surface area contributed by atoms with Crippen molar-refractivity contribution in [3.8, 4) is 10.4 Å². The molecule has 0 spiro atoms. The Kier molecular flexibility index (Phi) is 7.04. The number of halogens is 4. The van der Waals surface area contributed by atoms with E-state index in [9.17, 15) is 13.2 Å². The number of hydrogen-bond acceptors (Lipinski definition) is 4. The molecule has 1 saturated carbocycles. The van der Waals surface area contributed by atoms with Crippen molar-refractivity contribution in [3.05, 3.63) is 46.8 Å². The van der Waals surface area contributed by atoms with E-state index in [-0.39, 0.29) is 0 Å². The number of hydrogen-bond donors (Lipinski definition) is 2. The molecule has 0 amide bonds. The van der Waals surface area contributed by atoms with Gasteiger partial charge in [-0.05, 0) is 80.9 Å². The highest BCUT2D eigenvalue weighted by atomic mass is 32.1. The summed E-state index contributed by atoms with van der Waals surface area (Å²) in [6.07, 6.45) is 0.323. The molecular weight excluding hydrogens is 462 g/mol. The monoisotopic (exact) mass is 495 g/mol. The minimum atomic E-state index is -4.32. The largest absolute Gasteiger partial charge is 0.416 e. The number of rotatable bonds is 7.